The molecule has 1 aromatic rings. The van der Waals surface area contributed by atoms with Crippen LogP contribution >= 0.6 is 0 Å². The van der Waals surface area contributed by atoms with Crippen molar-refractivity contribution < 1.29 is 0 Å². The van der Waals surface area contributed by atoms with Crippen LogP contribution in [0.3, 0.4) is 0 Å². The zero-order valence-electron chi connectivity index (χ0n) is 8.33. The van der Waals surface area contributed by atoms with Gasteiger partial charge in [0.1, 0.15) is 0 Å². The van der Waals surface area contributed by atoms with Crippen molar-refractivity contribution in [1.82, 2.24) is 9.78 Å². The van der Waals surface area contributed by atoms with Crippen molar-refractivity contribution in [2.24, 2.45) is 5.73 Å². The normalized spacial score (nSPS) is 19.4. The summed E-state index contributed by atoms with van der Waals surface area (Å²) in [4.78, 5) is 0. The van der Waals surface area contributed by atoms with Gasteiger partial charge in [-0.2, -0.15) is 5.10 Å². The van der Waals surface area contributed by atoms with Gasteiger partial charge in [0.25, 0.3) is 0 Å². The van der Waals surface area contributed by atoms with Gasteiger partial charge in [0.15, 0.2) is 0 Å². The molecule has 2 N–H and O–H groups in total. The molecule has 1 aliphatic carbocycles. The number of hydrogen-bond acceptors (Lipinski definition) is 2. The molecular weight excluding hydrogens is 162 g/mol. The smallest absolute Gasteiger partial charge is 0.0592 e. The van der Waals surface area contributed by atoms with E-state index in [9.17, 15) is 0 Å². The van der Waals surface area contributed by atoms with Crippen molar-refractivity contribution in [3.05, 3.63) is 18.0 Å². The minimum absolute atomic E-state index is 0.0513. The summed E-state index contributed by atoms with van der Waals surface area (Å²) in [6, 6.07) is 2.08. The van der Waals surface area contributed by atoms with Gasteiger partial charge in [-0.15, -0.1) is 0 Å². The third-order valence-corrected chi connectivity index (χ3v) is 2.70. The Hall–Kier alpha value is -0.830. The molecule has 3 heteroatoms. The minimum atomic E-state index is 0.0513. The van der Waals surface area contributed by atoms with E-state index in [-0.39, 0.29) is 5.54 Å². The van der Waals surface area contributed by atoms with Gasteiger partial charge in [0.05, 0.1) is 6.54 Å². The van der Waals surface area contributed by atoms with E-state index in [0.717, 1.165) is 19.4 Å². The highest BCUT2D eigenvalue weighted by molar-refractivity contribution is 5.08. The minimum Gasteiger partial charge on any atom is -0.324 e. The van der Waals surface area contributed by atoms with Gasteiger partial charge >= 0.3 is 0 Å². The molecule has 0 radical (unpaired) electrons. The third kappa shape index (κ3) is 1.75. The fourth-order valence-electron chi connectivity index (χ4n) is 1.58. The quantitative estimate of drug-likeness (QED) is 0.764. The maximum absolute atomic E-state index is 6.05. The summed E-state index contributed by atoms with van der Waals surface area (Å²) in [6.07, 6.45) is 4.15. The van der Waals surface area contributed by atoms with E-state index in [4.69, 9.17) is 5.73 Å². The topological polar surface area (TPSA) is 43.8 Å². The molecule has 0 bridgehead atoms. The zero-order valence-corrected chi connectivity index (χ0v) is 8.33. The average Bonchev–Trinajstić information content (AvgIpc) is 2.63. The monoisotopic (exact) mass is 179 g/mol. The van der Waals surface area contributed by atoms with Gasteiger partial charge in [0.2, 0.25) is 0 Å². The van der Waals surface area contributed by atoms with Crippen LogP contribution in [0.15, 0.2) is 12.3 Å². The largest absolute Gasteiger partial charge is 0.324 e. The van der Waals surface area contributed by atoms with Crippen molar-refractivity contribution in [3.8, 4) is 0 Å². The maximum atomic E-state index is 6.05. The molecule has 0 atom stereocenters. The molecule has 0 saturated heterocycles. The van der Waals surface area contributed by atoms with Crippen LogP contribution < -0.4 is 5.73 Å². The summed E-state index contributed by atoms with van der Waals surface area (Å²) >= 11 is 0. The standard InChI is InChI=1S/C10H17N3/c1-8(2)9-3-6-12-13(9)7-10(11)4-5-10/h3,6,8H,4-5,7,11H2,1-2H3. The first-order valence-corrected chi connectivity index (χ1v) is 4.91. The summed E-state index contributed by atoms with van der Waals surface area (Å²) < 4.78 is 2.05. The molecule has 0 spiro atoms. The van der Waals surface area contributed by atoms with Crippen molar-refractivity contribution in [2.75, 3.05) is 0 Å². The van der Waals surface area contributed by atoms with Crippen LogP contribution in [0.5, 0.6) is 0 Å². The van der Waals surface area contributed by atoms with Crippen LogP contribution in [0.2, 0.25) is 0 Å². The fraction of sp³-hybridized carbons (Fsp3) is 0.700. The molecule has 1 aliphatic rings. The lowest BCUT2D eigenvalue weighted by Crippen LogP contribution is -2.29. The summed E-state index contributed by atoms with van der Waals surface area (Å²) in [5.41, 5.74) is 7.39. The van der Waals surface area contributed by atoms with Crippen LogP contribution in [-0.2, 0) is 6.54 Å². The molecular formula is C10H17N3. The summed E-state index contributed by atoms with van der Waals surface area (Å²) in [5, 5.41) is 4.30. The van der Waals surface area contributed by atoms with Gasteiger partial charge < -0.3 is 5.73 Å². The molecule has 2 rings (SSSR count). The number of rotatable bonds is 3. The molecule has 13 heavy (non-hydrogen) atoms. The number of nitrogens with two attached hydrogens (primary N) is 1. The van der Waals surface area contributed by atoms with Crippen LogP contribution in [0.1, 0.15) is 38.3 Å². The highest BCUT2D eigenvalue weighted by Gasteiger charge is 2.39. The lowest BCUT2D eigenvalue weighted by Gasteiger charge is -2.13. The van der Waals surface area contributed by atoms with Crippen molar-refractivity contribution >= 4 is 0 Å². The Kier molecular flexibility index (Phi) is 1.91. The highest BCUT2D eigenvalue weighted by Crippen LogP contribution is 2.34. The van der Waals surface area contributed by atoms with E-state index in [0.29, 0.717) is 5.92 Å². The van der Waals surface area contributed by atoms with Crippen LogP contribution in [0, 0.1) is 0 Å². The number of hydrogen-bond donors (Lipinski definition) is 1. The first-order valence-electron chi connectivity index (χ1n) is 4.91. The zero-order chi connectivity index (χ0) is 9.47. The summed E-state index contributed by atoms with van der Waals surface area (Å²) in [6.45, 7) is 5.25. The molecule has 0 amide bonds. The molecule has 72 valence electrons. The van der Waals surface area contributed by atoms with E-state index in [2.05, 4.69) is 29.7 Å². The average molecular weight is 179 g/mol. The molecule has 0 aromatic carbocycles. The highest BCUT2D eigenvalue weighted by atomic mass is 15.3. The van der Waals surface area contributed by atoms with E-state index in [1.165, 1.54) is 5.69 Å². The first kappa shape index (κ1) is 8.75. The van der Waals surface area contributed by atoms with E-state index >= 15 is 0 Å². The first-order chi connectivity index (χ1) is 6.11. The van der Waals surface area contributed by atoms with E-state index < -0.39 is 0 Å². The molecule has 1 fully saturated rings. The second-order valence-corrected chi connectivity index (χ2v) is 4.43. The summed E-state index contributed by atoms with van der Waals surface area (Å²) in [5.74, 6) is 0.532. The Bertz CT molecular complexity index is 297. The maximum Gasteiger partial charge on any atom is 0.0592 e. The van der Waals surface area contributed by atoms with E-state index in [1.54, 1.807) is 0 Å². The van der Waals surface area contributed by atoms with Crippen LogP contribution in [0.25, 0.3) is 0 Å². The SMILES string of the molecule is CC(C)c1ccnn1CC1(N)CC1. The number of nitrogens with zero attached hydrogens (tertiary/aromatic N) is 2. The predicted molar refractivity (Wildman–Crippen MR) is 52.5 cm³/mol. The molecule has 1 heterocycles. The molecule has 1 aromatic heterocycles. The van der Waals surface area contributed by atoms with Gasteiger partial charge in [-0.05, 0) is 24.8 Å². The molecule has 3 nitrogen and oxygen atoms in total. The number of aromatic nitrogens is 2. The Labute approximate surface area is 78.9 Å². The van der Waals surface area contributed by atoms with Crippen molar-refractivity contribution in [3.63, 3.8) is 0 Å². The molecule has 0 aliphatic heterocycles. The van der Waals surface area contributed by atoms with Crippen molar-refractivity contribution in [2.45, 2.75) is 44.7 Å². The second kappa shape index (κ2) is 2.84. The fourth-order valence-corrected chi connectivity index (χ4v) is 1.58. The lowest BCUT2D eigenvalue weighted by molar-refractivity contribution is 0.476. The summed E-state index contributed by atoms with van der Waals surface area (Å²) in [7, 11) is 0. The van der Waals surface area contributed by atoms with E-state index in [1.807, 2.05) is 6.20 Å². The Morgan fingerprint density at radius 1 is 1.62 bits per heavy atom. The van der Waals surface area contributed by atoms with Gasteiger partial charge in [-0.3, -0.25) is 4.68 Å². The lowest BCUT2D eigenvalue weighted by atomic mass is 10.1. The second-order valence-electron chi connectivity index (χ2n) is 4.43. The Morgan fingerprint density at radius 3 is 2.85 bits per heavy atom. The third-order valence-electron chi connectivity index (χ3n) is 2.70. The van der Waals surface area contributed by atoms with Gasteiger partial charge in [-0.1, -0.05) is 13.8 Å². The predicted octanol–water partition coefficient (Wildman–Crippen LogP) is 1.50. The van der Waals surface area contributed by atoms with Gasteiger partial charge in [0, 0.05) is 17.4 Å². The van der Waals surface area contributed by atoms with Crippen molar-refractivity contribution in [1.29, 1.82) is 0 Å². The Morgan fingerprint density at radius 2 is 2.31 bits per heavy atom. The molecule has 1 saturated carbocycles. The van der Waals surface area contributed by atoms with Crippen LogP contribution in [0.4, 0.5) is 0 Å². The Balaban J connectivity index is 2.15. The molecule has 0 unspecified atom stereocenters. The van der Waals surface area contributed by atoms with Gasteiger partial charge in [-0.25, -0.2) is 0 Å². The van der Waals surface area contributed by atoms with Crippen LogP contribution in [-0.4, -0.2) is 15.3 Å².